The molecular weight excluding hydrogens is 270 g/mol. The summed E-state index contributed by atoms with van der Waals surface area (Å²) in [6.07, 6.45) is 3.05. The van der Waals surface area contributed by atoms with Crippen LogP contribution < -0.4 is 10.9 Å². The summed E-state index contributed by atoms with van der Waals surface area (Å²) in [4.78, 5) is 15.7. The van der Waals surface area contributed by atoms with Gasteiger partial charge in [-0.05, 0) is 24.3 Å². The minimum Gasteiger partial charge on any atom is -0.402 e. The number of amides is 1. The number of hydrogen-bond donors (Lipinski definition) is 2. The second kappa shape index (κ2) is 5.83. The summed E-state index contributed by atoms with van der Waals surface area (Å²) in [5.74, 6) is 0.0243. The first-order valence-electron chi connectivity index (χ1n) is 6.18. The molecule has 0 unspecified atom stereocenters. The second-order valence-electron chi connectivity index (χ2n) is 4.10. The van der Waals surface area contributed by atoms with E-state index in [1.165, 1.54) is 6.20 Å². The quantitative estimate of drug-likeness (QED) is 0.709. The maximum absolute atomic E-state index is 11.8. The Balaban J connectivity index is 1.64. The van der Waals surface area contributed by atoms with E-state index in [1.807, 2.05) is 30.3 Å². The molecular formula is C14H11N5O2. The fourth-order valence-electron chi connectivity index (χ4n) is 1.65. The molecule has 0 aliphatic heterocycles. The third-order valence-electron chi connectivity index (χ3n) is 2.65. The molecule has 0 saturated heterocycles. The van der Waals surface area contributed by atoms with Gasteiger partial charge in [-0.2, -0.15) is 0 Å². The molecule has 2 N–H and O–H groups in total. The number of anilines is 1. The molecule has 0 saturated carbocycles. The number of hydrogen-bond acceptors (Lipinski definition) is 6. The monoisotopic (exact) mass is 281 g/mol. The highest BCUT2D eigenvalue weighted by molar-refractivity contribution is 5.94. The van der Waals surface area contributed by atoms with Gasteiger partial charge in [0.15, 0.2) is 0 Å². The second-order valence-corrected chi connectivity index (χ2v) is 4.10. The number of rotatable bonds is 4. The molecule has 0 fully saturated rings. The van der Waals surface area contributed by atoms with Crippen LogP contribution in [0.15, 0.2) is 59.3 Å². The number of benzene rings is 1. The van der Waals surface area contributed by atoms with Gasteiger partial charge in [0.25, 0.3) is 5.91 Å². The van der Waals surface area contributed by atoms with Crippen molar-refractivity contribution < 1.29 is 9.21 Å². The lowest BCUT2D eigenvalue weighted by Gasteiger charge is -2.03. The molecule has 2 heterocycles. The normalized spacial score (nSPS) is 10.1. The first-order chi connectivity index (χ1) is 10.3. The molecule has 7 heteroatoms. The van der Waals surface area contributed by atoms with Gasteiger partial charge in [0, 0.05) is 18.0 Å². The summed E-state index contributed by atoms with van der Waals surface area (Å²) in [7, 11) is 0. The van der Waals surface area contributed by atoms with Gasteiger partial charge < -0.3 is 4.42 Å². The first-order valence-corrected chi connectivity index (χ1v) is 6.18. The molecule has 0 atom stereocenters. The number of aromatic nitrogens is 3. The van der Waals surface area contributed by atoms with Crippen molar-refractivity contribution in [1.82, 2.24) is 20.6 Å². The minimum atomic E-state index is -0.345. The molecule has 104 valence electrons. The van der Waals surface area contributed by atoms with Crippen LogP contribution in [0.25, 0.3) is 11.5 Å². The highest BCUT2D eigenvalue weighted by Gasteiger charge is 2.09. The number of hydrazine groups is 1. The van der Waals surface area contributed by atoms with Crippen LogP contribution in [0.2, 0.25) is 0 Å². The Labute approximate surface area is 120 Å². The Bertz CT molecular complexity index is 727. The van der Waals surface area contributed by atoms with E-state index >= 15 is 0 Å². The molecule has 1 aromatic carbocycles. The van der Waals surface area contributed by atoms with E-state index < -0.39 is 0 Å². The van der Waals surface area contributed by atoms with E-state index in [4.69, 9.17) is 4.42 Å². The summed E-state index contributed by atoms with van der Waals surface area (Å²) in [6, 6.07) is 12.8. The Hall–Kier alpha value is -3.22. The van der Waals surface area contributed by atoms with E-state index in [0.717, 1.165) is 5.56 Å². The molecule has 7 nitrogen and oxygen atoms in total. The van der Waals surface area contributed by atoms with Crippen molar-refractivity contribution in [3.05, 3.63) is 60.4 Å². The standard InChI is InChI=1S/C14H11N5O2/c20-12(11-7-4-8-15-9-11)16-18-14-19-17-13(21-14)10-5-2-1-3-6-10/h1-9H,(H,16,20)(H,18,19). The minimum absolute atomic E-state index is 0.103. The zero-order valence-corrected chi connectivity index (χ0v) is 10.9. The van der Waals surface area contributed by atoms with Gasteiger partial charge in [0.05, 0.1) is 5.56 Å². The highest BCUT2D eigenvalue weighted by atomic mass is 16.4. The van der Waals surface area contributed by atoms with Gasteiger partial charge in [-0.1, -0.05) is 23.3 Å². The third kappa shape index (κ3) is 3.03. The fraction of sp³-hybridized carbons (Fsp3) is 0. The van der Waals surface area contributed by atoms with Crippen LogP contribution in [0.4, 0.5) is 6.01 Å². The maximum Gasteiger partial charge on any atom is 0.335 e. The van der Waals surface area contributed by atoms with E-state index in [1.54, 1.807) is 18.3 Å². The zero-order chi connectivity index (χ0) is 14.5. The molecule has 1 amide bonds. The molecule has 3 rings (SSSR count). The summed E-state index contributed by atoms with van der Waals surface area (Å²) in [6.45, 7) is 0. The average molecular weight is 281 g/mol. The molecule has 21 heavy (non-hydrogen) atoms. The number of nitrogens with zero attached hydrogens (tertiary/aromatic N) is 3. The molecule has 0 spiro atoms. The van der Waals surface area contributed by atoms with Gasteiger partial charge in [-0.15, -0.1) is 5.10 Å². The maximum atomic E-state index is 11.8. The van der Waals surface area contributed by atoms with Crippen LogP contribution in [0.3, 0.4) is 0 Å². The summed E-state index contributed by atoms with van der Waals surface area (Å²) in [5.41, 5.74) is 6.25. The molecule has 0 radical (unpaired) electrons. The largest absolute Gasteiger partial charge is 0.402 e. The van der Waals surface area contributed by atoms with Crippen LogP contribution >= 0.6 is 0 Å². The van der Waals surface area contributed by atoms with Crippen LogP contribution in [0.1, 0.15) is 10.4 Å². The lowest BCUT2D eigenvalue weighted by atomic mass is 10.2. The third-order valence-corrected chi connectivity index (χ3v) is 2.65. The SMILES string of the molecule is O=C(NNc1nnc(-c2ccccc2)o1)c1cccnc1. The molecule has 0 bridgehead atoms. The van der Waals surface area contributed by atoms with Crippen molar-refractivity contribution in [2.24, 2.45) is 0 Å². The summed E-state index contributed by atoms with van der Waals surface area (Å²) < 4.78 is 5.39. The number of carbonyl (C=O) groups excluding carboxylic acids is 1. The van der Waals surface area contributed by atoms with Gasteiger partial charge in [0.2, 0.25) is 5.89 Å². The number of nitrogens with one attached hydrogen (secondary N) is 2. The van der Waals surface area contributed by atoms with E-state index in [0.29, 0.717) is 11.5 Å². The van der Waals surface area contributed by atoms with Crippen LogP contribution in [-0.4, -0.2) is 21.1 Å². The van der Waals surface area contributed by atoms with Crippen molar-refractivity contribution >= 4 is 11.9 Å². The predicted molar refractivity (Wildman–Crippen MR) is 75.1 cm³/mol. The predicted octanol–water partition coefficient (Wildman–Crippen LogP) is 1.89. The van der Waals surface area contributed by atoms with Crippen molar-refractivity contribution in [2.75, 3.05) is 5.43 Å². The molecule has 0 aliphatic rings. The molecule has 2 aromatic heterocycles. The number of pyridine rings is 1. The van der Waals surface area contributed by atoms with Crippen molar-refractivity contribution in [3.8, 4) is 11.5 Å². The number of carbonyl (C=O) groups is 1. The van der Waals surface area contributed by atoms with Gasteiger partial charge in [-0.25, -0.2) is 5.43 Å². The molecule has 3 aromatic rings. The average Bonchev–Trinajstić information content (AvgIpc) is 3.03. The van der Waals surface area contributed by atoms with E-state index in [2.05, 4.69) is 26.0 Å². The van der Waals surface area contributed by atoms with E-state index in [-0.39, 0.29) is 11.9 Å². The topological polar surface area (TPSA) is 92.9 Å². The Kier molecular flexibility index (Phi) is 3.55. The first kappa shape index (κ1) is 12.8. The Morgan fingerprint density at radius 2 is 1.90 bits per heavy atom. The Morgan fingerprint density at radius 3 is 2.67 bits per heavy atom. The highest BCUT2D eigenvalue weighted by Crippen LogP contribution is 2.18. The zero-order valence-electron chi connectivity index (χ0n) is 10.9. The van der Waals surface area contributed by atoms with Crippen LogP contribution in [-0.2, 0) is 0 Å². The van der Waals surface area contributed by atoms with Gasteiger partial charge >= 0.3 is 6.01 Å². The van der Waals surface area contributed by atoms with E-state index in [9.17, 15) is 4.79 Å². The molecule has 0 aliphatic carbocycles. The lowest BCUT2D eigenvalue weighted by Crippen LogP contribution is -2.29. The summed E-state index contributed by atoms with van der Waals surface area (Å²) >= 11 is 0. The lowest BCUT2D eigenvalue weighted by molar-refractivity contribution is 0.0961. The van der Waals surface area contributed by atoms with Gasteiger partial charge in [-0.3, -0.25) is 15.2 Å². The van der Waals surface area contributed by atoms with Crippen molar-refractivity contribution in [1.29, 1.82) is 0 Å². The fourth-order valence-corrected chi connectivity index (χ4v) is 1.65. The Morgan fingerprint density at radius 1 is 1.05 bits per heavy atom. The van der Waals surface area contributed by atoms with Crippen molar-refractivity contribution in [2.45, 2.75) is 0 Å². The smallest absolute Gasteiger partial charge is 0.335 e. The van der Waals surface area contributed by atoms with Crippen LogP contribution in [0.5, 0.6) is 0 Å². The van der Waals surface area contributed by atoms with Crippen LogP contribution in [0, 0.1) is 0 Å². The van der Waals surface area contributed by atoms with Gasteiger partial charge in [0.1, 0.15) is 0 Å². The summed E-state index contributed by atoms with van der Waals surface area (Å²) in [5, 5.41) is 7.69. The van der Waals surface area contributed by atoms with Crippen molar-refractivity contribution in [3.63, 3.8) is 0 Å².